The number of carbonyl (C=O) groups is 2. The molecular formula is C21H24N2O4. The van der Waals surface area contributed by atoms with E-state index in [1.165, 1.54) is 25.6 Å². The molecule has 1 aliphatic heterocycles. The van der Waals surface area contributed by atoms with E-state index in [0.29, 0.717) is 18.7 Å². The van der Waals surface area contributed by atoms with Crippen LogP contribution in [0.25, 0.3) is 0 Å². The molecule has 1 fully saturated rings. The fourth-order valence-corrected chi connectivity index (χ4v) is 3.56. The number of aromatic nitrogens is 1. The Morgan fingerprint density at radius 1 is 1.19 bits per heavy atom. The Morgan fingerprint density at radius 2 is 1.85 bits per heavy atom. The Bertz CT molecular complexity index is 828. The first-order valence-corrected chi connectivity index (χ1v) is 9.07. The molecule has 2 aromatic rings. The summed E-state index contributed by atoms with van der Waals surface area (Å²) in [6.07, 6.45) is 3.78. The molecule has 0 aliphatic carbocycles. The SMILES string of the molecule is COC(=O)c1cncc(C(=O)N2CCC(C(O)c3ccccc3C)CC2)c1. The number of ether oxygens (including phenoxy) is 1. The van der Waals surface area contributed by atoms with Gasteiger partial charge in [-0.3, -0.25) is 9.78 Å². The van der Waals surface area contributed by atoms with E-state index < -0.39 is 12.1 Å². The van der Waals surface area contributed by atoms with Gasteiger partial charge in [-0.25, -0.2) is 4.79 Å². The van der Waals surface area contributed by atoms with Crippen molar-refractivity contribution >= 4 is 11.9 Å². The molecule has 6 nitrogen and oxygen atoms in total. The Labute approximate surface area is 158 Å². The number of aliphatic hydroxyl groups excluding tert-OH is 1. The van der Waals surface area contributed by atoms with Crippen molar-refractivity contribution in [1.29, 1.82) is 0 Å². The topological polar surface area (TPSA) is 79.7 Å². The van der Waals surface area contributed by atoms with Crippen LogP contribution in [-0.4, -0.2) is 47.1 Å². The lowest BCUT2D eigenvalue weighted by Gasteiger charge is -2.34. The molecule has 142 valence electrons. The van der Waals surface area contributed by atoms with Gasteiger partial charge in [0, 0.05) is 25.5 Å². The average Bonchev–Trinajstić information content (AvgIpc) is 2.72. The maximum atomic E-state index is 12.7. The molecule has 1 aliphatic rings. The largest absolute Gasteiger partial charge is 0.465 e. The number of rotatable bonds is 4. The van der Waals surface area contributed by atoms with Crippen LogP contribution >= 0.6 is 0 Å². The third-order valence-electron chi connectivity index (χ3n) is 5.19. The highest BCUT2D eigenvalue weighted by Crippen LogP contribution is 2.32. The first-order chi connectivity index (χ1) is 13.0. The van der Waals surface area contributed by atoms with Crippen LogP contribution in [0.4, 0.5) is 0 Å². The number of carbonyl (C=O) groups excluding carboxylic acids is 2. The lowest BCUT2D eigenvalue weighted by Crippen LogP contribution is -2.40. The van der Waals surface area contributed by atoms with Crippen LogP contribution in [-0.2, 0) is 4.74 Å². The molecule has 3 rings (SSSR count). The standard InChI is InChI=1S/C21H24N2O4/c1-14-5-3-4-6-18(14)19(24)15-7-9-23(10-8-15)20(25)16-11-17(13-22-12-16)21(26)27-2/h3-6,11-13,15,19,24H,7-10H2,1-2H3. The van der Waals surface area contributed by atoms with E-state index in [1.54, 1.807) is 4.90 Å². The number of pyridine rings is 1. The number of methoxy groups -OCH3 is 1. The van der Waals surface area contributed by atoms with Gasteiger partial charge in [0.1, 0.15) is 0 Å². The molecule has 0 radical (unpaired) electrons. The number of aryl methyl sites for hydroxylation is 1. The zero-order valence-electron chi connectivity index (χ0n) is 15.6. The van der Waals surface area contributed by atoms with Crippen LogP contribution < -0.4 is 0 Å². The first kappa shape index (κ1) is 19.0. The average molecular weight is 368 g/mol. The van der Waals surface area contributed by atoms with Gasteiger partial charge in [-0.2, -0.15) is 0 Å². The quantitative estimate of drug-likeness (QED) is 0.840. The molecule has 27 heavy (non-hydrogen) atoms. The summed E-state index contributed by atoms with van der Waals surface area (Å²) in [4.78, 5) is 30.1. The number of hydrogen-bond acceptors (Lipinski definition) is 5. The molecule has 0 spiro atoms. The van der Waals surface area contributed by atoms with Gasteiger partial charge in [0.05, 0.1) is 24.3 Å². The van der Waals surface area contributed by atoms with Gasteiger partial charge in [0.2, 0.25) is 0 Å². The molecular weight excluding hydrogens is 344 g/mol. The Kier molecular flexibility index (Phi) is 5.86. The molecule has 1 N–H and O–H groups in total. The monoisotopic (exact) mass is 368 g/mol. The van der Waals surface area contributed by atoms with Crippen molar-refractivity contribution in [1.82, 2.24) is 9.88 Å². The summed E-state index contributed by atoms with van der Waals surface area (Å²) in [5.74, 6) is -0.552. The number of likely N-dealkylation sites (tertiary alicyclic amines) is 1. The van der Waals surface area contributed by atoms with E-state index in [-0.39, 0.29) is 17.4 Å². The van der Waals surface area contributed by atoms with E-state index in [0.717, 1.165) is 24.0 Å². The fraction of sp³-hybridized carbons (Fsp3) is 0.381. The summed E-state index contributed by atoms with van der Waals surface area (Å²) in [6.45, 7) is 3.13. The smallest absolute Gasteiger partial charge is 0.339 e. The van der Waals surface area contributed by atoms with E-state index in [2.05, 4.69) is 9.72 Å². The third-order valence-corrected chi connectivity index (χ3v) is 5.19. The van der Waals surface area contributed by atoms with Gasteiger partial charge in [-0.1, -0.05) is 24.3 Å². The second-order valence-corrected chi connectivity index (χ2v) is 6.88. The highest BCUT2D eigenvalue weighted by molar-refractivity contribution is 5.97. The second kappa shape index (κ2) is 8.31. The summed E-state index contributed by atoms with van der Waals surface area (Å²) in [7, 11) is 1.29. The zero-order valence-corrected chi connectivity index (χ0v) is 15.6. The van der Waals surface area contributed by atoms with Crippen molar-refractivity contribution in [2.24, 2.45) is 5.92 Å². The Balaban J connectivity index is 1.64. The second-order valence-electron chi connectivity index (χ2n) is 6.88. The number of piperidine rings is 1. The number of hydrogen-bond donors (Lipinski definition) is 1. The highest BCUT2D eigenvalue weighted by Gasteiger charge is 2.29. The lowest BCUT2D eigenvalue weighted by atomic mass is 9.86. The number of benzene rings is 1. The Morgan fingerprint density at radius 3 is 2.52 bits per heavy atom. The van der Waals surface area contributed by atoms with Gasteiger partial charge < -0.3 is 14.7 Å². The summed E-state index contributed by atoms with van der Waals surface area (Å²) in [6, 6.07) is 9.37. The number of aliphatic hydroxyl groups is 1. The zero-order chi connectivity index (χ0) is 19.4. The van der Waals surface area contributed by atoms with Crippen LogP contribution in [0.5, 0.6) is 0 Å². The van der Waals surface area contributed by atoms with Gasteiger partial charge in [0.25, 0.3) is 5.91 Å². The van der Waals surface area contributed by atoms with Crippen molar-refractivity contribution in [3.8, 4) is 0 Å². The van der Waals surface area contributed by atoms with Crippen LogP contribution in [0.3, 0.4) is 0 Å². The number of amides is 1. The lowest BCUT2D eigenvalue weighted by molar-refractivity contribution is 0.0460. The minimum Gasteiger partial charge on any atom is -0.465 e. The van der Waals surface area contributed by atoms with Crippen LogP contribution in [0.15, 0.2) is 42.7 Å². The normalized spacial score (nSPS) is 16.0. The van der Waals surface area contributed by atoms with Crippen molar-refractivity contribution in [2.75, 3.05) is 20.2 Å². The summed E-state index contributed by atoms with van der Waals surface area (Å²) >= 11 is 0. The van der Waals surface area contributed by atoms with E-state index >= 15 is 0 Å². The van der Waals surface area contributed by atoms with Crippen molar-refractivity contribution in [2.45, 2.75) is 25.9 Å². The maximum Gasteiger partial charge on any atom is 0.339 e. The molecule has 1 aromatic carbocycles. The van der Waals surface area contributed by atoms with E-state index in [4.69, 9.17) is 0 Å². The Hall–Kier alpha value is -2.73. The number of esters is 1. The molecule has 0 bridgehead atoms. The molecule has 1 atom stereocenters. The van der Waals surface area contributed by atoms with Crippen molar-refractivity contribution in [3.63, 3.8) is 0 Å². The highest BCUT2D eigenvalue weighted by atomic mass is 16.5. The van der Waals surface area contributed by atoms with Gasteiger partial charge in [0.15, 0.2) is 0 Å². The van der Waals surface area contributed by atoms with Gasteiger partial charge >= 0.3 is 5.97 Å². The van der Waals surface area contributed by atoms with Crippen LogP contribution in [0, 0.1) is 12.8 Å². The predicted molar refractivity (Wildman–Crippen MR) is 100 cm³/mol. The molecule has 0 saturated carbocycles. The number of nitrogens with zero attached hydrogens (tertiary/aromatic N) is 2. The first-order valence-electron chi connectivity index (χ1n) is 9.07. The molecule has 1 saturated heterocycles. The third kappa shape index (κ3) is 4.17. The summed E-state index contributed by atoms with van der Waals surface area (Å²) < 4.78 is 4.68. The molecule has 1 unspecified atom stereocenters. The molecule has 1 amide bonds. The summed E-state index contributed by atoms with van der Waals surface area (Å²) in [5.41, 5.74) is 2.66. The van der Waals surface area contributed by atoms with Gasteiger partial charge in [-0.15, -0.1) is 0 Å². The molecule has 1 aromatic heterocycles. The minimum absolute atomic E-state index is 0.120. The fourth-order valence-electron chi connectivity index (χ4n) is 3.56. The van der Waals surface area contributed by atoms with Crippen molar-refractivity contribution < 1.29 is 19.4 Å². The maximum absolute atomic E-state index is 12.7. The minimum atomic E-state index is -0.521. The molecule has 6 heteroatoms. The van der Waals surface area contributed by atoms with Crippen LogP contribution in [0.2, 0.25) is 0 Å². The summed E-state index contributed by atoms with van der Waals surface area (Å²) in [5, 5.41) is 10.7. The predicted octanol–water partition coefficient (Wildman–Crippen LogP) is 2.76. The van der Waals surface area contributed by atoms with E-state index in [1.807, 2.05) is 31.2 Å². The van der Waals surface area contributed by atoms with Gasteiger partial charge in [-0.05, 0) is 42.9 Å². The van der Waals surface area contributed by atoms with Crippen molar-refractivity contribution in [3.05, 3.63) is 65.0 Å². The molecule has 2 heterocycles. The van der Waals surface area contributed by atoms with Crippen LogP contribution in [0.1, 0.15) is 50.8 Å². The van der Waals surface area contributed by atoms with E-state index in [9.17, 15) is 14.7 Å².